The van der Waals surface area contributed by atoms with Gasteiger partial charge in [0.2, 0.25) is 0 Å². The largest absolute Gasteiger partial charge is 0.486 e. The monoisotopic (exact) mass is 454 g/mol. The SMILES string of the molecule is Cc1nc(COc2ccc(F)cc2)sc1C(=O)OC(C)C(=O)N1CCCc2ccccc21. The van der Waals surface area contributed by atoms with E-state index in [4.69, 9.17) is 9.47 Å². The van der Waals surface area contributed by atoms with Gasteiger partial charge in [-0.1, -0.05) is 18.2 Å². The molecule has 1 unspecified atom stereocenters. The maximum absolute atomic E-state index is 13.0. The van der Waals surface area contributed by atoms with E-state index in [0.717, 1.165) is 35.4 Å². The summed E-state index contributed by atoms with van der Waals surface area (Å²) in [5.74, 6) is -0.666. The van der Waals surface area contributed by atoms with Crippen LogP contribution in [0.5, 0.6) is 5.75 Å². The fourth-order valence-electron chi connectivity index (χ4n) is 3.63. The molecule has 0 aliphatic carbocycles. The van der Waals surface area contributed by atoms with Crippen LogP contribution < -0.4 is 9.64 Å². The van der Waals surface area contributed by atoms with Gasteiger partial charge in [-0.05, 0) is 62.6 Å². The molecule has 32 heavy (non-hydrogen) atoms. The smallest absolute Gasteiger partial charge is 0.351 e. The average molecular weight is 455 g/mol. The normalized spacial score (nSPS) is 13.9. The molecule has 2 aromatic carbocycles. The number of hydrogen-bond donors (Lipinski definition) is 0. The molecule has 0 spiro atoms. The first-order valence-electron chi connectivity index (χ1n) is 10.4. The van der Waals surface area contributed by atoms with Crippen molar-refractivity contribution in [2.45, 2.75) is 39.4 Å². The molecule has 1 aliphatic heterocycles. The van der Waals surface area contributed by atoms with Crippen molar-refractivity contribution in [3.8, 4) is 5.75 Å². The minimum atomic E-state index is -0.922. The molecule has 0 saturated carbocycles. The molecule has 2 heterocycles. The lowest BCUT2D eigenvalue weighted by Crippen LogP contribution is -2.42. The van der Waals surface area contributed by atoms with Crippen molar-refractivity contribution >= 4 is 28.9 Å². The Bertz CT molecular complexity index is 1130. The molecule has 1 amide bonds. The second kappa shape index (κ2) is 9.48. The molecule has 0 N–H and O–H groups in total. The lowest BCUT2D eigenvalue weighted by Gasteiger charge is -2.31. The van der Waals surface area contributed by atoms with Crippen LogP contribution in [0.4, 0.5) is 10.1 Å². The summed E-state index contributed by atoms with van der Waals surface area (Å²) in [6.45, 7) is 4.04. The highest BCUT2D eigenvalue weighted by molar-refractivity contribution is 7.13. The number of amides is 1. The molecule has 3 aromatic rings. The fraction of sp³-hybridized carbons (Fsp3) is 0.292. The second-order valence-electron chi connectivity index (χ2n) is 7.53. The summed E-state index contributed by atoms with van der Waals surface area (Å²) in [4.78, 5) is 32.1. The van der Waals surface area contributed by atoms with Gasteiger partial charge in [0.1, 0.15) is 28.1 Å². The molecule has 8 heteroatoms. The van der Waals surface area contributed by atoms with Gasteiger partial charge in [-0.15, -0.1) is 11.3 Å². The van der Waals surface area contributed by atoms with Gasteiger partial charge in [0, 0.05) is 12.2 Å². The summed E-state index contributed by atoms with van der Waals surface area (Å²) in [6, 6.07) is 13.5. The predicted octanol–water partition coefficient (Wildman–Crippen LogP) is 4.69. The first-order valence-corrected chi connectivity index (χ1v) is 11.2. The summed E-state index contributed by atoms with van der Waals surface area (Å²) in [5, 5.41) is 0.586. The number of para-hydroxylation sites is 1. The standard InChI is InChI=1S/C24H23FN2O4S/c1-15-22(32-21(26-15)14-30-19-11-9-18(25)10-12-19)24(29)31-16(2)23(28)27-13-5-7-17-6-3-4-8-20(17)27/h3-4,6,8-12,16H,5,7,13-14H2,1-2H3. The Balaban J connectivity index is 1.39. The Hall–Kier alpha value is -3.26. The molecule has 1 atom stereocenters. The molecule has 0 bridgehead atoms. The molecule has 4 rings (SSSR count). The van der Waals surface area contributed by atoms with E-state index >= 15 is 0 Å². The molecular weight excluding hydrogens is 431 g/mol. The number of rotatable bonds is 6. The highest BCUT2D eigenvalue weighted by atomic mass is 32.1. The lowest BCUT2D eigenvalue weighted by atomic mass is 10.0. The van der Waals surface area contributed by atoms with E-state index in [0.29, 0.717) is 27.9 Å². The van der Waals surface area contributed by atoms with Crippen LogP contribution in [0.1, 0.15) is 39.3 Å². The Labute approximate surface area is 189 Å². The number of aryl methyl sites for hydroxylation is 2. The van der Waals surface area contributed by atoms with E-state index in [1.54, 1.807) is 18.7 Å². The van der Waals surface area contributed by atoms with Gasteiger partial charge >= 0.3 is 5.97 Å². The van der Waals surface area contributed by atoms with Crippen molar-refractivity contribution in [3.63, 3.8) is 0 Å². The zero-order chi connectivity index (χ0) is 22.7. The first kappa shape index (κ1) is 22.0. The number of anilines is 1. The van der Waals surface area contributed by atoms with Gasteiger partial charge in [0.25, 0.3) is 5.91 Å². The molecule has 0 saturated heterocycles. The number of ether oxygens (including phenoxy) is 2. The summed E-state index contributed by atoms with van der Waals surface area (Å²) in [5.41, 5.74) is 2.51. The summed E-state index contributed by atoms with van der Waals surface area (Å²) in [6.07, 6.45) is 0.875. The van der Waals surface area contributed by atoms with Gasteiger partial charge in [-0.2, -0.15) is 0 Å². The van der Waals surface area contributed by atoms with Crippen molar-refractivity contribution in [3.05, 3.63) is 75.5 Å². The van der Waals surface area contributed by atoms with Crippen LogP contribution in [-0.4, -0.2) is 29.5 Å². The van der Waals surface area contributed by atoms with Gasteiger partial charge in [-0.25, -0.2) is 14.2 Å². The number of thiazole rings is 1. The average Bonchev–Trinajstić information content (AvgIpc) is 3.18. The van der Waals surface area contributed by atoms with E-state index < -0.39 is 12.1 Å². The summed E-state index contributed by atoms with van der Waals surface area (Å²) in [7, 11) is 0. The fourth-order valence-corrected chi connectivity index (χ4v) is 4.49. The third-order valence-electron chi connectivity index (χ3n) is 5.21. The van der Waals surface area contributed by atoms with Crippen LogP contribution in [0.25, 0.3) is 0 Å². The van der Waals surface area contributed by atoms with E-state index in [1.165, 1.54) is 24.3 Å². The molecule has 6 nitrogen and oxygen atoms in total. The third-order valence-corrected chi connectivity index (χ3v) is 6.32. The number of benzene rings is 2. The number of esters is 1. The van der Waals surface area contributed by atoms with Gasteiger partial charge in [0.05, 0.1) is 5.69 Å². The van der Waals surface area contributed by atoms with Crippen LogP contribution in [0, 0.1) is 12.7 Å². The molecule has 0 radical (unpaired) electrons. The van der Waals surface area contributed by atoms with Gasteiger partial charge < -0.3 is 14.4 Å². The third kappa shape index (κ3) is 4.80. The van der Waals surface area contributed by atoms with Crippen LogP contribution >= 0.6 is 11.3 Å². The zero-order valence-corrected chi connectivity index (χ0v) is 18.7. The van der Waals surface area contributed by atoms with E-state index in [9.17, 15) is 14.0 Å². The van der Waals surface area contributed by atoms with Crippen LogP contribution in [0.2, 0.25) is 0 Å². The molecule has 1 aliphatic rings. The van der Waals surface area contributed by atoms with Crippen LogP contribution in [0.3, 0.4) is 0 Å². The zero-order valence-electron chi connectivity index (χ0n) is 17.8. The van der Waals surface area contributed by atoms with Crippen molar-refractivity contribution in [2.75, 3.05) is 11.4 Å². The number of fused-ring (bicyclic) bond motifs is 1. The van der Waals surface area contributed by atoms with Crippen molar-refractivity contribution in [1.29, 1.82) is 0 Å². The number of carbonyl (C=O) groups excluding carboxylic acids is 2. The topological polar surface area (TPSA) is 68.7 Å². The first-order chi connectivity index (χ1) is 15.4. The maximum atomic E-state index is 13.0. The van der Waals surface area contributed by atoms with Crippen LogP contribution in [0.15, 0.2) is 48.5 Å². The van der Waals surface area contributed by atoms with Gasteiger partial charge in [-0.3, -0.25) is 4.79 Å². The minimum absolute atomic E-state index is 0.142. The van der Waals surface area contributed by atoms with Crippen LogP contribution in [-0.2, 0) is 22.6 Å². The van der Waals surface area contributed by atoms with Gasteiger partial charge in [0.15, 0.2) is 6.10 Å². The number of carbonyl (C=O) groups is 2. The summed E-state index contributed by atoms with van der Waals surface area (Å²) < 4.78 is 24.1. The second-order valence-corrected chi connectivity index (χ2v) is 8.62. The van der Waals surface area contributed by atoms with Crippen molar-refractivity contribution in [2.24, 2.45) is 0 Å². The van der Waals surface area contributed by atoms with E-state index in [1.807, 2.05) is 24.3 Å². The molecular formula is C24H23FN2O4S. The number of nitrogens with zero attached hydrogens (tertiary/aromatic N) is 2. The molecule has 0 fully saturated rings. The minimum Gasteiger partial charge on any atom is -0.486 e. The van der Waals surface area contributed by atoms with E-state index in [2.05, 4.69) is 4.98 Å². The molecule has 166 valence electrons. The maximum Gasteiger partial charge on any atom is 0.351 e. The Morgan fingerprint density at radius 2 is 1.94 bits per heavy atom. The van der Waals surface area contributed by atoms with Crippen molar-refractivity contribution < 1.29 is 23.5 Å². The quantitative estimate of drug-likeness (QED) is 0.505. The predicted molar refractivity (Wildman–Crippen MR) is 120 cm³/mol. The Morgan fingerprint density at radius 1 is 1.19 bits per heavy atom. The number of hydrogen-bond acceptors (Lipinski definition) is 6. The number of halogens is 1. The highest BCUT2D eigenvalue weighted by Gasteiger charge is 2.29. The Morgan fingerprint density at radius 3 is 2.72 bits per heavy atom. The number of aromatic nitrogens is 1. The van der Waals surface area contributed by atoms with E-state index in [-0.39, 0.29) is 18.3 Å². The summed E-state index contributed by atoms with van der Waals surface area (Å²) >= 11 is 1.16. The lowest BCUT2D eigenvalue weighted by molar-refractivity contribution is -0.126. The highest BCUT2D eigenvalue weighted by Crippen LogP contribution is 2.28. The Kier molecular flexibility index (Phi) is 6.50. The molecule has 1 aromatic heterocycles. The van der Waals surface area contributed by atoms with Crippen molar-refractivity contribution in [1.82, 2.24) is 4.98 Å².